The second kappa shape index (κ2) is 18.6. The van der Waals surface area contributed by atoms with Gasteiger partial charge in [0.25, 0.3) is 0 Å². The predicted octanol–water partition coefficient (Wildman–Crippen LogP) is 15.9. The molecular weight excluding hydrogens is 791 g/mol. The van der Waals surface area contributed by atoms with Crippen LogP contribution in [0.1, 0.15) is 120 Å². The van der Waals surface area contributed by atoms with Gasteiger partial charge in [-0.2, -0.15) is 0 Å². The van der Waals surface area contributed by atoms with Crippen molar-refractivity contribution in [3.63, 3.8) is 0 Å². The van der Waals surface area contributed by atoms with Crippen LogP contribution in [0.5, 0.6) is 0 Å². The molecule has 0 fully saturated rings. The maximum Gasteiger partial charge on any atom is 0.186 e. The minimum absolute atomic E-state index is 0.0383. The Bertz CT molecular complexity index is 2660. The molecule has 3 atom stereocenters. The standard InChI is InChI=1S/C62H75NO2/c1-14-15-16-17-22-33-63-40-41(34-50(48-31-23-27-42-25-18-20-29-46(42)48)44-36-51(59(2,3)4)57(64)52(37-44)60(5,6)7)35-55(63)56(49-32-24-28-43-26-19-21-30-47(43)49)45-38-53(61(8,9)10)58(65)54(39-45)62(11,12)13/h15-32,35-38,41,54,58,65H,14,33-34,39-40H2,1-13H3/b16-15-,22-17-,56-45+. The van der Waals surface area contributed by atoms with Gasteiger partial charge in [-0.05, 0) is 114 Å². The molecule has 0 bridgehead atoms. The molecule has 4 aromatic carbocycles. The molecule has 1 aliphatic heterocycles. The van der Waals surface area contributed by atoms with Crippen molar-refractivity contribution in [2.75, 3.05) is 13.1 Å². The third-order valence-electron chi connectivity index (χ3n) is 13.9. The van der Waals surface area contributed by atoms with Crippen LogP contribution in [0.15, 0.2) is 167 Å². The zero-order valence-corrected chi connectivity index (χ0v) is 41.8. The highest BCUT2D eigenvalue weighted by molar-refractivity contribution is 6.13. The monoisotopic (exact) mass is 866 g/mol. The van der Waals surface area contributed by atoms with Crippen molar-refractivity contribution < 1.29 is 9.90 Å². The Morgan fingerprint density at radius 3 is 1.77 bits per heavy atom. The molecule has 1 heterocycles. The highest BCUT2D eigenvalue weighted by Crippen LogP contribution is 2.50. The summed E-state index contributed by atoms with van der Waals surface area (Å²) in [5.41, 5.74) is 10.5. The lowest BCUT2D eigenvalue weighted by Crippen LogP contribution is -2.39. The van der Waals surface area contributed by atoms with Crippen LogP contribution in [-0.2, 0) is 4.79 Å². The lowest BCUT2D eigenvalue weighted by Gasteiger charge is -2.43. The number of carbonyl (C=O) groups is 1. The van der Waals surface area contributed by atoms with Gasteiger partial charge in [0.1, 0.15) is 0 Å². The van der Waals surface area contributed by atoms with Gasteiger partial charge in [0.05, 0.1) is 6.10 Å². The fourth-order valence-electron chi connectivity index (χ4n) is 10.3. The van der Waals surface area contributed by atoms with Gasteiger partial charge in [-0.15, -0.1) is 0 Å². The minimum Gasteiger partial charge on any atom is -0.388 e. The van der Waals surface area contributed by atoms with Crippen molar-refractivity contribution in [1.29, 1.82) is 0 Å². The molecule has 0 saturated carbocycles. The molecule has 4 aromatic rings. The molecule has 0 saturated heterocycles. The number of hydrogen-bond acceptors (Lipinski definition) is 3. The molecule has 2 aliphatic carbocycles. The molecule has 7 rings (SSSR count). The number of hydrogen-bond donors (Lipinski definition) is 1. The molecule has 0 spiro atoms. The van der Waals surface area contributed by atoms with Gasteiger partial charge in [-0.25, -0.2) is 0 Å². The summed E-state index contributed by atoms with van der Waals surface area (Å²) in [6.07, 6.45) is 20.3. The number of allylic oxidation sites excluding steroid dienone is 12. The molecule has 1 N–H and O–H groups in total. The number of Topliss-reactive ketones (excluding diaryl/α,β-unsaturated/α-hetero) is 1. The fraction of sp³-hybridized carbons (Fsp3) is 0.403. The molecule has 0 amide bonds. The smallest absolute Gasteiger partial charge is 0.186 e. The van der Waals surface area contributed by atoms with Crippen LogP contribution in [0.25, 0.3) is 32.7 Å². The summed E-state index contributed by atoms with van der Waals surface area (Å²) in [7, 11) is 0. The highest BCUT2D eigenvalue weighted by Gasteiger charge is 2.42. The number of aliphatic hydroxyl groups is 1. The summed E-state index contributed by atoms with van der Waals surface area (Å²) in [4.78, 5) is 17.0. The van der Waals surface area contributed by atoms with E-state index in [0.29, 0.717) is 0 Å². The van der Waals surface area contributed by atoms with E-state index in [1.54, 1.807) is 0 Å². The van der Waals surface area contributed by atoms with Crippen molar-refractivity contribution in [3.8, 4) is 0 Å². The van der Waals surface area contributed by atoms with Crippen LogP contribution in [-0.4, -0.2) is 35.0 Å². The van der Waals surface area contributed by atoms with Crippen molar-refractivity contribution in [3.05, 3.63) is 178 Å². The topological polar surface area (TPSA) is 40.5 Å². The largest absolute Gasteiger partial charge is 0.388 e. The number of aliphatic hydroxyl groups excluding tert-OH is 1. The first kappa shape index (κ1) is 47.7. The van der Waals surface area contributed by atoms with Crippen molar-refractivity contribution >= 4 is 38.5 Å². The van der Waals surface area contributed by atoms with Crippen molar-refractivity contribution in [2.24, 2.45) is 33.5 Å². The van der Waals surface area contributed by atoms with Crippen LogP contribution in [0.2, 0.25) is 0 Å². The number of carbonyl (C=O) groups excluding carboxylic acids is 1. The van der Waals surface area contributed by atoms with Gasteiger partial charge in [-0.3, -0.25) is 4.79 Å². The van der Waals surface area contributed by atoms with E-state index in [9.17, 15) is 9.90 Å². The lowest BCUT2D eigenvalue weighted by molar-refractivity contribution is -0.114. The van der Waals surface area contributed by atoms with E-state index < -0.39 is 6.10 Å². The van der Waals surface area contributed by atoms with E-state index >= 15 is 0 Å². The van der Waals surface area contributed by atoms with Crippen LogP contribution >= 0.6 is 0 Å². The maximum absolute atomic E-state index is 14.4. The zero-order chi connectivity index (χ0) is 47.1. The van der Waals surface area contributed by atoms with Gasteiger partial charge < -0.3 is 10.0 Å². The molecule has 0 aromatic heterocycles. The summed E-state index contributed by atoms with van der Waals surface area (Å²) < 4.78 is 0. The number of rotatable bonds is 9. The second-order valence-electron chi connectivity index (χ2n) is 23.0. The van der Waals surface area contributed by atoms with Crippen LogP contribution in [0, 0.1) is 33.5 Å². The predicted molar refractivity (Wildman–Crippen MR) is 279 cm³/mol. The quantitative estimate of drug-likeness (QED) is 0.170. The molecule has 3 heteroatoms. The van der Waals surface area contributed by atoms with E-state index in [1.165, 1.54) is 55.1 Å². The normalized spacial score (nSPS) is 21.1. The van der Waals surface area contributed by atoms with Crippen molar-refractivity contribution in [1.82, 2.24) is 4.90 Å². The molecule has 0 radical (unpaired) electrons. The Morgan fingerprint density at radius 1 is 0.677 bits per heavy atom. The van der Waals surface area contributed by atoms with E-state index in [2.05, 4.69) is 228 Å². The lowest BCUT2D eigenvalue weighted by atomic mass is 9.64. The Morgan fingerprint density at radius 2 is 1.22 bits per heavy atom. The Balaban J connectivity index is 1.53. The third kappa shape index (κ3) is 10.3. The summed E-state index contributed by atoms with van der Waals surface area (Å²) in [6.45, 7) is 30.4. The average molecular weight is 866 g/mol. The first-order chi connectivity index (χ1) is 30.6. The number of nitrogens with zero attached hydrogens (tertiary/aromatic N) is 1. The molecule has 3 unspecified atom stereocenters. The number of fused-ring (bicyclic) bond motifs is 2. The molecular formula is C62H75NO2. The SMILES string of the molecule is CC/C=C\C=C/CN1CC(CC(=C2C=C(C(C)(C)C)C(=O)C(C(C)(C)C)=C2)c2cccc3ccccc23)C=C1/C(=C1\C=C(C(C)(C)C)C(O)C(C(C)(C)C)C1)c1cccc2ccccc12. The summed E-state index contributed by atoms with van der Waals surface area (Å²) in [5, 5.41) is 17.1. The first-order valence-corrected chi connectivity index (χ1v) is 24.2. The van der Waals surface area contributed by atoms with E-state index in [-0.39, 0.29) is 39.3 Å². The number of benzene rings is 4. The van der Waals surface area contributed by atoms with E-state index in [4.69, 9.17) is 0 Å². The van der Waals surface area contributed by atoms with Gasteiger partial charge in [-0.1, -0.05) is 211 Å². The second-order valence-corrected chi connectivity index (χ2v) is 23.0. The molecule has 3 nitrogen and oxygen atoms in total. The fourth-order valence-corrected chi connectivity index (χ4v) is 10.3. The Kier molecular flexibility index (Phi) is 13.6. The van der Waals surface area contributed by atoms with Crippen molar-refractivity contribution in [2.45, 2.75) is 115 Å². The van der Waals surface area contributed by atoms with Gasteiger partial charge in [0.15, 0.2) is 5.78 Å². The van der Waals surface area contributed by atoms with Gasteiger partial charge >= 0.3 is 0 Å². The van der Waals surface area contributed by atoms with Crippen LogP contribution in [0.3, 0.4) is 0 Å². The Labute approximate surface area is 391 Å². The molecule has 3 aliphatic rings. The molecule has 65 heavy (non-hydrogen) atoms. The maximum atomic E-state index is 14.4. The van der Waals surface area contributed by atoms with Crippen LogP contribution in [0.4, 0.5) is 0 Å². The van der Waals surface area contributed by atoms with E-state index in [0.717, 1.165) is 54.6 Å². The van der Waals surface area contributed by atoms with Gasteiger partial charge in [0, 0.05) is 41.4 Å². The third-order valence-corrected chi connectivity index (χ3v) is 13.9. The summed E-state index contributed by atoms with van der Waals surface area (Å²) in [6, 6.07) is 31.0. The Hall–Kier alpha value is -5.25. The number of ketones is 1. The van der Waals surface area contributed by atoms with Gasteiger partial charge in [0.2, 0.25) is 0 Å². The minimum atomic E-state index is -0.531. The molecule has 340 valence electrons. The van der Waals surface area contributed by atoms with Crippen LogP contribution < -0.4 is 0 Å². The zero-order valence-electron chi connectivity index (χ0n) is 41.8. The highest BCUT2D eigenvalue weighted by atomic mass is 16.3. The first-order valence-electron chi connectivity index (χ1n) is 24.2. The summed E-state index contributed by atoms with van der Waals surface area (Å²) >= 11 is 0. The van der Waals surface area contributed by atoms with E-state index in [1.807, 2.05) is 0 Å². The summed E-state index contributed by atoms with van der Waals surface area (Å²) in [5.74, 6) is 0.353. The average Bonchev–Trinajstić information content (AvgIpc) is 3.63.